The summed E-state index contributed by atoms with van der Waals surface area (Å²) in [4.78, 5) is 12.8. The highest BCUT2D eigenvalue weighted by Gasteiger charge is 2.29. The molecule has 10 heteroatoms. The van der Waals surface area contributed by atoms with Crippen molar-refractivity contribution >= 4 is 13.3 Å². The van der Waals surface area contributed by atoms with Gasteiger partial charge in [0.2, 0.25) is 0 Å². The highest BCUT2D eigenvalue weighted by molar-refractivity contribution is 6.34. The van der Waals surface area contributed by atoms with Gasteiger partial charge in [-0.3, -0.25) is 4.79 Å². The van der Waals surface area contributed by atoms with Gasteiger partial charge in [0.25, 0.3) is 0 Å². The molecule has 1 fully saturated rings. The number of halogens is 3. The number of nitrogens with zero attached hydrogens (tertiary/aromatic N) is 1. The highest BCUT2D eigenvalue weighted by atomic mass is 19.4. The van der Waals surface area contributed by atoms with E-state index in [0.717, 1.165) is 11.1 Å². The fourth-order valence-corrected chi connectivity index (χ4v) is 3.87. The van der Waals surface area contributed by atoms with E-state index < -0.39 is 12.8 Å². The minimum atomic E-state index is -4.41. The molecule has 6 nitrogen and oxygen atoms in total. The second-order valence-electron chi connectivity index (χ2n) is 7.52. The maximum absolute atomic E-state index is 12.8. The first-order chi connectivity index (χ1) is 14.7. The third-order valence-electron chi connectivity index (χ3n) is 5.32. The van der Waals surface area contributed by atoms with Crippen LogP contribution in [0.4, 0.5) is 13.2 Å². The van der Waals surface area contributed by atoms with Gasteiger partial charge < -0.3 is 23.5 Å². The van der Waals surface area contributed by atoms with Crippen LogP contribution in [0, 0.1) is 6.92 Å². The van der Waals surface area contributed by atoms with Crippen molar-refractivity contribution in [2.24, 2.45) is 0 Å². The Morgan fingerprint density at radius 3 is 2.77 bits per heavy atom. The van der Waals surface area contributed by atoms with Gasteiger partial charge in [-0.25, -0.2) is 0 Å². The van der Waals surface area contributed by atoms with Crippen molar-refractivity contribution in [1.29, 1.82) is 0 Å². The molecule has 164 valence electrons. The molecule has 1 atom stereocenters. The maximum Gasteiger partial charge on any atom is 0.422 e. The van der Waals surface area contributed by atoms with E-state index in [-0.39, 0.29) is 35.2 Å². The van der Waals surface area contributed by atoms with Crippen molar-refractivity contribution in [3.63, 3.8) is 0 Å². The predicted molar refractivity (Wildman–Crippen MR) is 108 cm³/mol. The Balaban J connectivity index is 1.66. The summed E-state index contributed by atoms with van der Waals surface area (Å²) in [5.41, 5.74) is 2.30. The normalized spacial score (nSPS) is 18.3. The molecule has 0 aliphatic carbocycles. The maximum atomic E-state index is 12.8. The van der Waals surface area contributed by atoms with Crippen molar-refractivity contribution in [2.45, 2.75) is 32.2 Å². The van der Waals surface area contributed by atoms with Gasteiger partial charge in [0, 0.05) is 23.1 Å². The molecule has 2 aromatic rings. The van der Waals surface area contributed by atoms with Gasteiger partial charge >= 0.3 is 6.18 Å². The Bertz CT molecular complexity index is 1030. The molecule has 0 saturated carbocycles. The molecule has 3 heterocycles. The quantitative estimate of drug-likeness (QED) is 0.672. The topological polar surface area (TPSA) is 58.9 Å². The smallest absolute Gasteiger partial charge is 0.422 e. The molecule has 2 radical (unpaired) electrons. The first-order valence-corrected chi connectivity index (χ1v) is 9.92. The lowest BCUT2D eigenvalue weighted by Gasteiger charge is -2.29. The average Bonchev–Trinajstić information content (AvgIpc) is 2.75. The van der Waals surface area contributed by atoms with E-state index in [9.17, 15) is 18.0 Å². The Morgan fingerprint density at radius 2 is 2.06 bits per heavy atom. The summed E-state index contributed by atoms with van der Waals surface area (Å²) in [6, 6.07) is 4.71. The fourth-order valence-electron chi connectivity index (χ4n) is 3.87. The molecule has 1 saturated heterocycles. The zero-order chi connectivity index (χ0) is 22.2. The van der Waals surface area contributed by atoms with Gasteiger partial charge in [-0.05, 0) is 37.1 Å². The molecular formula is C21H21BF3NO5. The lowest BCUT2D eigenvalue weighted by atomic mass is 9.89. The number of aromatic nitrogens is 1. The largest absolute Gasteiger partial charge is 0.484 e. The van der Waals surface area contributed by atoms with Gasteiger partial charge in [-0.1, -0.05) is 0 Å². The van der Waals surface area contributed by atoms with Crippen LogP contribution in [0.1, 0.15) is 11.1 Å². The SMILES string of the molecule is [B]c1c(OCC2COCCO2)n2c(c(C)c1=O)-c1ccc(OCC(F)(F)F)cc1CC2. The first kappa shape index (κ1) is 21.8. The number of pyridine rings is 1. The van der Waals surface area contributed by atoms with Crippen LogP contribution in [0.25, 0.3) is 11.3 Å². The Labute approximate surface area is 178 Å². The van der Waals surface area contributed by atoms with E-state index in [1.54, 1.807) is 19.1 Å². The minimum Gasteiger partial charge on any atom is -0.484 e. The van der Waals surface area contributed by atoms with Crippen LogP contribution in [0.5, 0.6) is 11.6 Å². The summed E-state index contributed by atoms with van der Waals surface area (Å²) < 4.78 is 60.9. The number of hydrogen-bond acceptors (Lipinski definition) is 5. The molecule has 0 bridgehead atoms. The van der Waals surface area contributed by atoms with Gasteiger partial charge in [-0.15, -0.1) is 0 Å². The number of benzene rings is 1. The van der Waals surface area contributed by atoms with Gasteiger partial charge in [0.15, 0.2) is 17.9 Å². The highest BCUT2D eigenvalue weighted by Crippen LogP contribution is 2.35. The van der Waals surface area contributed by atoms with Crippen LogP contribution < -0.4 is 20.4 Å². The van der Waals surface area contributed by atoms with Crippen LogP contribution in [0.15, 0.2) is 23.0 Å². The minimum absolute atomic E-state index is 0.0200. The molecule has 0 N–H and O–H groups in total. The lowest BCUT2D eigenvalue weighted by Crippen LogP contribution is -2.38. The summed E-state index contributed by atoms with van der Waals surface area (Å²) in [6.07, 6.45) is -4.15. The van der Waals surface area contributed by atoms with Gasteiger partial charge in [0.1, 0.15) is 26.3 Å². The van der Waals surface area contributed by atoms with Gasteiger partial charge in [-0.2, -0.15) is 13.2 Å². The zero-order valence-corrected chi connectivity index (χ0v) is 17.0. The number of hydrogen-bond donors (Lipinski definition) is 0. The molecular weight excluding hydrogens is 414 g/mol. The van der Waals surface area contributed by atoms with Crippen LogP contribution in [-0.2, 0) is 22.4 Å². The molecule has 1 aromatic carbocycles. The number of aryl methyl sites for hydroxylation is 1. The molecule has 31 heavy (non-hydrogen) atoms. The Hall–Kier alpha value is -2.46. The number of alkyl halides is 3. The van der Waals surface area contributed by atoms with Crippen molar-refractivity contribution in [1.82, 2.24) is 4.57 Å². The zero-order valence-electron chi connectivity index (χ0n) is 17.0. The third kappa shape index (κ3) is 4.59. The monoisotopic (exact) mass is 435 g/mol. The molecule has 2 aliphatic rings. The molecule has 0 spiro atoms. The molecule has 0 amide bonds. The Morgan fingerprint density at radius 1 is 1.26 bits per heavy atom. The fraction of sp³-hybridized carbons (Fsp3) is 0.476. The second kappa shape index (κ2) is 8.59. The summed E-state index contributed by atoms with van der Waals surface area (Å²) in [7, 11) is 6.09. The Kier molecular flexibility index (Phi) is 6.03. The van der Waals surface area contributed by atoms with Crippen molar-refractivity contribution in [3.05, 3.63) is 39.5 Å². The van der Waals surface area contributed by atoms with Gasteiger partial charge in [0.05, 0.1) is 25.5 Å². The van der Waals surface area contributed by atoms with Crippen LogP contribution in [0.3, 0.4) is 0 Å². The van der Waals surface area contributed by atoms with Crippen molar-refractivity contribution in [3.8, 4) is 22.9 Å². The van der Waals surface area contributed by atoms with E-state index >= 15 is 0 Å². The predicted octanol–water partition coefficient (Wildman–Crippen LogP) is 1.91. The summed E-state index contributed by atoms with van der Waals surface area (Å²) in [5, 5.41) is 0. The van der Waals surface area contributed by atoms with E-state index in [1.807, 2.05) is 4.57 Å². The summed E-state index contributed by atoms with van der Waals surface area (Å²) >= 11 is 0. The lowest BCUT2D eigenvalue weighted by molar-refractivity contribution is -0.153. The second-order valence-corrected chi connectivity index (χ2v) is 7.52. The van der Waals surface area contributed by atoms with Crippen LogP contribution in [-0.4, -0.2) is 57.7 Å². The van der Waals surface area contributed by atoms with Crippen molar-refractivity contribution in [2.75, 3.05) is 33.0 Å². The van der Waals surface area contributed by atoms with Crippen LogP contribution in [0.2, 0.25) is 0 Å². The van der Waals surface area contributed by atoms with E-state index in [1.165, 1.54) is 6.07 Å². The molecule has 2 aliphatic heterocycles. The number of ether oxygens (including phenoxy) is 4. The molecule has 1 aromatic heterocycles. The molecule has 1 unspecified atom stereocenters. The van der Waals surface area contributed by atoms with Crippen molar-refractivity contribution < 1.29 is 32.1 Å². The standard InChI is InChI=1S/C21H21BF3NO5/c1-12-18-16-3-2-14(31-11-21(23,24)25)8-13(16)4-5-26(18)20(17(22)19(12)27)30-10-15-9-28-6-7-29-15/h2-3,8,15H,4-7,9-11H2,1H3. The van der Waals surface area contributed by atoms with E-state index in [4.69, 9.17) is 26.8 Å². The van der Waals surface area contributed by atoms with E-state index in [0.29, 0.717) is 44.0 Å². The van der Waals surface area contributed by atoms with E-state index in [2.05, 4.69) is 0 Å². The van der Waals surface area contributed by atoms with Crippen LogP contribution >= 0.6 is 0 Å². The third-order valence-corrected chi connectivity index (χ3v) is 5.32. The number of fused-ring (bicyclic) bond motifs is 3. The number of rotatable bonds is 5. The summed E-state index contributed by atoms with van der Waals surface area (Å²) in [6.45, 7) is 2.35. The first-order valence-electron chi connectivity index (χ1n) is 9.92. The molecule has 4 rings (SSSR count). The average molecular weight is 435 g/mol. The summed E-state index contributed by atoms with van der Waals surface area (Å²) in [5.74, 6) is 0.397.